The number of hydrogen-bond acceptors (Lipinski definition) is 2. The molecule has 1 amide bonds. The Balaban J connectivity index is 0.00000289. The highest BCUT2D eigenvalue weighted by Crippen LogP contribution is 2.28. The van der Waals surface area contributed by atoms with Gasteiger partial charge in [-0.25, -0.2) is 0 Å². The quantitative estimate of drug-likeness (QED) is 0.892. The first-order chi connectivity index (χ1) is 7.80. The molecule has 0 bridgehead atoms. The van der Waals surface area contributed by atoms with Crippen LogP contribution in [0.4, 0.5) is 13.2 Å². The van der Waals surface area contributed by atoms with Crippen molar-refractivity contribution in [2.24, 2.45) is 5.73 Å². The Hall–Kier alpha value is -1.27. The lowest BCUT2D eigenvalue weighted by Crippen LogP contribution is -2.37. The zero-order valence-corrected chi connectivity index (χ0v) is 10.4. The van der Waals surface area contributed by atoms with E-state index >= 15 is 0 Å². The number of nitrogens with one attached hydrogen (secondary N) is 1. The average Bonchev–Trinajstić information content (AvgIpc) is 2.25. The highest BCUT2D eigenvalue weighted by atomic mass is 35.5. The van der Waals surface area contributed by atoms with Crippen molar-refractivity contribution >= 4 is 18.3 Å². The van der Waals surface area contributed by atoms with Gasteiger partial charge in [-0.1, -0.05) is 12.1 Å². The monoisotopic (exact) mass is 282 g/mol. The van der Waals surface area contributed by atoms with E-state index in [0.717, 1.165) is 12.1 Å². The lowest BCUT2D eigenvalue weighted by Gasteiger charge is -2.09. The van der Waals surface area contributed by atoms with Crippen molar-refractivity contribution in [3.05, 3.63) is 35.4 Å². The predicted molar refractivity (Wildman–Crippen MR) is 64.2 cm³/mol. The van der Waals surface area contributed by atoms with Crippen LogP contribution in [0.15, 0.2) is 24.3 Å². The molecule has 0 aromatic heterocycles. The third kappa shape index (κ3) is 4.93. The van der Waals surface area contributed by atoms with Crippen LogP contribution in [0, 0.1) is 0 Å². The minimum Gasteiger partial charge on any atom is -0.351 e. The van der Waals surface area contributed by atoms with Gasteiger partial charge in [-0.3, -0.25) is 4.79 Å². The zero-order chi connectivity index (χ0) is 13.1. The van der Waals surface area contributed by atoms with Gasteiger partial charge in [0.15, 0.2) is 0 Å². The van der Waals surface area contributed by atoms with Crippen molar-refractivity contribution < 1.29 is 18.0 Å². The Morgan fingerprint density at radius 3 is 2.22 bits per heavy atom. The third-order valence-corrected chi connectivity index (χ3v) is 2.16. The Labute approximate surface area is 109 Å². The molecule has 0 aliphatic heterocycles. The highest BCUT2D eigenvalue weighted by Gasteiger charge is 2.29. The Bertz CT molecular complexity index is 390. The molecule has 3 nitrogen and oxygen atoms in total. The Morgan fingerprint density at radius 2 is 1.83 bits per heavy atom. The molecular weight excluding hydrogens is 269 g/mol. The van der Waals surface area contributed by atoms with E-state index in [1.54, 1.807) is 0 Å². The van der Waals surface area contributed by atoms with Crippen molar-refractivity contribution in [3.63, 3.8) is 0 Å². The molecule has 102 valence electrons. The largest absolute Gasteiger partial charge is 0.416 e. The molecule has 7 heteroatoms. The van der Waals surface area contributed by atoms with Crippen molar-refractivity contribution in [1.29, 1.82) is 0 Å². The number of hydrogen-bond donors (Lipinski definition) is 2. The van der Waals surface area contributed by atoms with E-state index in [4.69, 9.17) is 5.73 Å². The number of amides is 1. The fourth-order valence-corrected chi connectivity index (χ4v) is 1.16. The predicted octanol–water partition coefficient (Wildman–Crippen LogP) is 2.09. The molecule has 18 heavy (non-hydrogen) atoms. The molecule has 0 fully saturated rings. The molecule has 0 aliphatic carbocycles. The molecule has 0 saturated carbocycles. The molecule has 0 aliphatic rings. The molecule has 3 N–H and O–H groups in total. The van der Waals surface area contributed by atoms with Gasteiger partial charge in [0, 0.05) is 6.54 Å². The number of carbonyl (C=O) groups is 1. The standard InChI is InChI=1S/C11H13F3N2O.ClH/c1-7(15)10(17)16-6-8-2-4-9(5-3-8)11(12,13)14;/h2-5,7H,6,15H2,1H3,(H,16,17);1H/t7-;/m1./s1. The van der Waals surface area contributed by atoms with E-state index in [1.807, 2.05) is 0 Å². The van der Waals surface area contributed by atoms with Gasteiger partial charge < -0.3 is 11.1 Å². The van der Waals surface area contributed by atoms with Crippen molar-refractivity contribution in [3.8, 4) is 0 Å². The van der Waals surface area contributed by atoms with Crippen LogP contribution in [-0.4, -0.2) is 11.9 Å². The SMILES string of the molecule is C[C@@H](N)C(=O)NCc1ccc(C(F)(F)F)cc1.Cl. The fourth-order valence-electron chi connectivity index (χ4n) is 1.16. The first-order valence-electron chi connectivity index (χ1n) is 5.00. The van der Waals surface area contributed by atoms with Gasteiger partial charge in [-0.15, -0.1) is 12.4 Å². The molecule has 1 aromatic rings. The van der Waals surface area contributed by atoms with Gasteiger partial charge in [-0.05, 0) is 24.6 Å². The van der Waals surface area contributed by atoms with Crippen LogP contribution in [0.5, 0.6) is 0 Å². The molecule has 0 heterocycles. The maximum Gasteiger partial charge on any atom is 0.416 e. The summed E-state index contributed by atoms with van der Waals surface area (Å²) in [6, 6.07) is 3.97. The third-order valence-electron chi connectivity index (χ3n) is 2.16. The van der Waals surface area contributed by atoms with Crippen LogP contribution in [0.25, 0.3) is 0 Å². The van der Waals surface area contributed by atoms with E-state index < -0.39 is 17.8 Å². The lowest BCUT2D eigenvalue weighted by molar-refractivity contribution is -0.137. The van der Waals surface area contributed by atoms with Crippen LogP contribution in [0.3, 0.4) is 0 Å². The van der Waals surface area contributed by atoms with Gasteiger partial charge >= 0.3 is 6.18 Å². The summed E-state index contributed by atoms with van der Waals surface area (Å²) < 4.78 is 36.8. The van der Waals surface area contributed by atoms with Crippen LogP contribution >= 0.6 is 12.4 Å². The second-order valence-electron chi connectivity index (χ2n) is 3.70. The van der Waals surface area contributed by atoms with Crippen LogP contribution < -0.4 is 11.1 Å². The van der Waals surface area contributed by atoms with Gasteiger partial charge in [0.25, 0.3) is 0 Å². The van der Waals surface area contributed by atoms with Crippen molar-refractivity contribution in [2.75, 3.05) is 0 Å². The first kappa shape index (κ1) is 16.7. The summed E-state index contributed by atoms with van der Waals surface area (Å²) in [6.07, 6.45) is -4.34. The summed E-state index contributed by atoms with van der Waals surface area (Å²) in [6.45, 7) is 1.70. The van der Waals surface area contributed by atoms with Crippen LogP contribution in [0.2, 0.25) is 0 Å². The second-order valence-corrected chi connectivity index (χ2v) is 3.70. The molecule has 0 unspecified atom stereocenters. The Morgan fingerprint density at radius 1 is 1.33 bits per heavy atom. The minimum atomic E-state index is -4.34. The zero-order valence-electron chi connectivity index (χ0n) is 9.62. The molecule has 0 radical (unpaired) electrons. The summed E-state index contributed by atoms with van der Waals surface area (Å²) in [4.78, 5) is 11.1. The van der Waals surface area contributed by atoms with E-state index in [-0.39, 0.29) is 24.9 Å². The number of benzene rings is 1. The molecule has 1 rings (SSSR count). The fraction of sp³-hybridized carbons (Fsp3) is 0.364. The van der Waals surface area contributed by atoms with E-state index in [2.05, 4.69) is 5.32 Å². The average molecular weight is 283 g/mol. The van der Waals surface area contributed by atoms with E-state index in [1.165, 1.54) is 19.1 Å². The summed E-state index contributed by atoms with van der Waals surface area (Å²) in [5, 5.41) is 2.51. The molecule has 0 saturated heterocycles. The summed E-state index contributed by atoms with van der Waals surface area (Å²) >= 11 is 0. The highest BCUT2D eigenvalue weighted by molar-refractivity contribution is 5.85. The maximum atomic E-state index is 12.3. The first-order valence-corrected chi connectivity index (χ1v) is 5.00. The smallest absolute Gasteiger partial charge is 0.351 e. The van der Waals surface area contributed by atoms with Crippen LogP contribution in [-0.2, 0) is 17.5 Å². The maximum absolute atomic E-state index is 12.3. The number of halogens is 4. The Kier molecular flexibility index (Phi) is 6.14. The lowest BCUT2D eigenvalue weighted by atomic mass is 10.1. The van der Waals surface area contributed by atoms with Gasteiger partial charge in [0.05, 0.1) is 11.6 Å². The molecule has 1 atom stereocenters. The molecular formula is C11H14ClF3N2O. The van der Waals surface area contributed by atoms with Gasteiger partial charge in [0.2, 0.25) is 5.91 Å². The second kappa shape index (κ2) is 6.61. The van der Waals surface area contributed by atoms with E-state index in [0.29, 0.717) is 5.56 Å². The normalized spacial score (nSPS) is 12.5. The van der Waals surface area contributed by atoms with Gasteiger partial charge in [0.1, 0.15) is 0 Å². The topological polar surface area (TPSA) is 55.1 Å². The molecule has 0 spiro atoms. The van der Waals surface area contributed by atoms with Crippen LogP contribution in [0.1, 0.15) is 18.1 Å². The number of carbonyl (C=O) groups excluding carboxylic acids is 1. The number of alkyl halides is 3. The number of nitrogens with two attached hydrogens (primary N) is 1. The summed E-state index contributed by atoms with van der Waals surface area (Å²) in [5.41, 5.74) is 5.20. The van der Waals surface area contributed by atoms with Crippen molar-refractivity contribution in [1.82, 2.24) is 5.32 Å². The summed E-state index contributed by atoms with van der Waals surface area (Å²) in [7, 11) is 0. The van der Waals surface area contributed by atoms with Crippen molar-refractivity contribution in [2.45, 2.75) is 25.7 Å². The minimum absolute atomic E-state index is 0. The summed E-state index contributed by atoms with van der Waals surface area (Å²) in [5.74, 6) is -0.343. The molecule has 1 aromatic carbocycles. The van der Waals surface area contributed by atoms with Gasteiger partial charge in [-0.2, -0.15) is 13.2 Å². The van der Waals surface area contributed by atoms with E-state index in [9.17, 15) is 18.0 Å². The number of rotatable bonds is 3.